The van der Waals surface area contributed by atoms with E-state index in [4.69, 9.17) is 0 Å². The van der Waals surface area contributed by atoms with Crippen LogP contribution in [0.25, 0.3) is 11.1 Å². The number of fused-ring (bicyclic) bond motifs is 1. The van der Waals surface area contributed by atoms with Gasteiger partial charge in [0.05, 0.1) is 0 Å². The molecule has 0 unspecified atom stereocenters. The van der Waals surface area contributed by atoms with E-state index in [0.717, 1.165) is 41.8 Å². The molecule has 0 bridgehead atoms. The fraction of sp³-hybridized carbons (Fsp3) is 0.286. The summed E-state index contributed by atoms with van der Waals surface area (Å²) in [4.78, 5) is 11.3. The maximum atomic E-state index is 11.3. The van der Waals surface area contributed by atoms with E-state index in [1.165, 1.54) is 0 Å². The van der Waals surface area contributed by atoms with Gasteiger partial charge in [-0.25, -0.2) is 4.79 Å². The summed E-state index contributed by atoms with van der Waals surface area (Å²) in [6.07, 6.45) is 1.95. The summed E-state index contributed by atoms with van der Waals surface area (Å²) in [5.74, 6) is -0.951. The molecule has 1 aliphatic heterocycles. The van der Waals surface area contributed by atoms with E-state index in [9.17, 15) is 9.90 Å². The van der Waals surface area contributed by atoms with E-state index in [-0.39, 0.29) is 5.69 Å². The number of carboxylic acid groups (broad SMARTS) is 1. The maximum Gasteiger partial charge on any atom is 0.357 e. The second kappa shape index (κ2) is 3.98. The molecule has 2 aromatic rings. The molecule has 1 aliphatic rings. The van der Waals surface area contributed by atoms with E-state index in [2.05, 4.69) is 5.10 Å². The Balaban J connectivity index is 2.24. The zero-order valence-corrected chi connectivity index (χ0v) is 10.2. The second-order valence-electron chi connectivity index (χ2n) is 4.67. The molecule has 4 heteroatoms. The van der Waals surface area contributed by atoms with Gasteiger partial charge in [0.1, 0.15) is 0 Å². The summed E-state index contributed by atoms with van der Waals surface area (Å²) in [7, 11) is 0. The van der Waals surface area contributed by atoms with Crippen LogP contribution in [0, 0.1) is 6.92 Å². The Bertz CT molecular complexity index is 629. The number of hydrogen-bond acceptors (Lipinski definition) is 2. The predicted octanol–water partition coefficient (Wildman–Crippen LogP) is 2.50. The molecule has 0 atom stereocenters. The molecule has 0 fully saturated rings. The molecule has 0 saturated carbocycles. The first-order valence-electron chi connectivity index (χ1n) is 6.07. The van der Waals surface area contributed by atoms with Crippen molar-refractivity contribution in [2.75, 3.05) is 0 Å². The number of carboxylic acids is 1. The zero-order chi connectivity index (χ0) is 12.7. The Morgan fingerprint density at radius 3 is 3.00 bits per heavy atom. The lowest BCUT2D eigenvalue weighted by atomic mass is 10.00. The largest absolute Gasteiger partial charge is 0.476 e. The van der Waals surface area contributed by atoms with E-state index < -0.39 is 5.97 Å². The van der Waals surface area contributed by atoms with Gasteiger partial charge in [-0.15, -0.1) is 0 Å². The predicted molar refractivity (Wildman–Crippen MR) is 67.7 cm³/mol. The third-order valence-corrected chi connectivity index (χ3v) is 3.35. The summed E-state index contributed by atoms with van der Waals surface area (Å²) < 4.78 is 1.83. The lowest BCUT2D eigenvalue weighted by Crippen LogP contribution is -2.02. The van der Waals surface area contributed by atoms with Gasteiger partial charge in [0.2, 0.25) is 0 Å². The van der Waals surface area contributed by atoms with Crippen molar-refractivity contribution in [2.45, 2.75) is 26.3 Å². The normalized spacial score (nSPS) is 13.6. The van der Waals surface area contributed by atoms with Gasteiger partial charge in [-0.2, -0.15) is 5.10 Å². The van der Waals surface area contributed by atoms with Gasteiger partial charge in [0.25, 0.3) is 0 Å². The highest BCUT2D eigenvalue weighted by molar-refractivity contribution is 5.95. The molecule has 0 radical (unpaired) electrons. The van der Waals surface area contributed by atoms with Crippen molar-refractivity contribution in [1.82, 2.24) is 9.78 Å². The average Bonchev–Trinajstić information content (AvgIpc) is 2.87. The first-order chi connectivity index (χ1) is 8.66. The van der Waals surface area contributed by atoms with Gasteiger partial charge in [-0.1, -0.05) is 29.8 Å². The van der Waals surface area contributed by atoms with Crippen LogP contribution in [0.15, 0.2) is 24.3 Å². The average molecular weight is 242 g/mol. The summed E-state index contributed by atoms with van der Waals surface area (Å²) >= 11 is 0. The highest BCUT2D eigenvalue weighted by Crippen LogP contribution is 2.32. The number of nitrogens with zero attached hydrogens (tertiary/aromatic N) is 2. The molecule has 1 aromatic heterocycles. The molecule has 2 heterocycles. The summed E-state index contributed by atoms with van der Waals surface area (Å²) in [5, 5.41) is 13.5. The van der Waals surface area contributed by atoms with E-state index in [1.54, 1.807) is 0 Å². The monoisotopic (exact) mass is 242 g/mol. The zero-order valence-electron chi connectivity index (χ0n) is 10.2. The Morgan fingerprint density at radius 2 is 2.28 bits per heavy atom. The minimum absolute atomic E-state index is 0.176. The number of benzene rings is 1. The molecule has 0 spiro atoms. The highest BCUT2D eigenvalue weighted by Gasteiger charge is 2.26. The topological polar surface area (TPSA) is 55.1 Å². The molecule has 0 aliphatic carbocycles. The standard InChI is InChI=1S/C14H14N2O2/c1-9-4-2-5-10(8-9)12-11-6-3-7-16(11)15-13(12)14(17)18/h2,4-5,8H,3,6-7H2,1H3,(H,17,18). The van der Waals surface area contributed by atoms with Crippen LogP contribution in [-0.4, -0.2) is 20.9 Å². The number of rotatable bonds is 2. The van der Waals surface area contributed by atoms with Crippen LogP contribution < -0.4 is 0 Å². The molecule has 1 aromatic carbocycles. The minimum atomic E-state index is -0.951. The summed E-state index contributed by atoms with van der Waals surface area (Å²) in [6, 6.07) is 7.93. The first kappa shape index (κ1) is 11.0. The smallest absolute Gasteiger partial charge is 0.357 e. The molecular weight excluding hydrogens is 228 g/mol. The van der Waals surface area contributed by atoms with Crippen LogP contribution in [0.1, 0.15) is 28.2 Å². The minimum Gasteiger partial charge on any atom is -0.476 e. The molecule has 0 amide bonds. The van der Waals surface area contributed by atoms with Crippen LogP contribution in [0.5, 0.6) is 0 Å². The van der Waals surface area contributed by atoms with Crippen molar-refractivity contribution in [3.05, 3.63) is 41.2 Å². The number of aryl methyl sites for hydroxylation is 2. The quantitative estimate of drug-likeness (QED) is 0.880. The third kappa shape index (κ3) is 1.61. The van der Waals surface area contributed by atoms with Crippen LogP contribution >= 0.6 is 0 Å². The molecule has 18 heavy (non-hydrogen) atoms. The van der Waals surface area contributed by atoms with Crippen molar-refractivity contribution >= 4 is 5.97 Å². The Kier molecular flexibility index (Phi) is 2.44. The molecule has 92 valence electrons. The lowest BCUT2D eigenvalue weighted by molar-refractivity contribution is 0.0690. The number of aromatic nitrogens is 2. The molecule has 4 nitrogen and oxygen atoms in total. The Hall–Kier alpha value is -2.10. The first-order valence-corrected chi connectivity index (χ1v) is 6.07. The van der Waals surface area contributed by atoms with E-state index in [0.29, 0.717) is 0 Å². The molecule has 1 N–H and O–H groups in total. The third-order valence-electron chi connectivity index (χ3n) is 3.35. The van der Waals surface area contributed by atoms with Gasteiger partial charge in [-0.05, 0) is 25.3 Å². The summed E-state index contributed by atoms with van der Waals surface area (Å²) in [5.41, 5.74) is 4.11. The van der Waals surface area contributed by atoms with Gasteiger partial charge in [0, 0.05) is 17.8 Å². The van der Waals surface area contributed by atoms with Crippen molar-refractivity contribution in [2.24, 2.45) is 0 Å². The maximum absolute atomic E-state index is 11.3. The number of hydrogen-bond donors (Lipinski definition) is 1. The van der Waals surface area contributed by atoms with Crippen molar-refractivity contribution in [1.29, 1.82) is 0 Å². The fourth-order valence-electron chi connectivity index (χ4n) is 2.59. The van der Waals surface area contributed by atoms with Gasteiger partial charge >= 0.3 is 5.97 Å². The van der Waals surface area contributed by atoms with Crippen LogP contribution in [0.3, 0.4) is 0 Å². The van der Waals surface area contributed by atoms with Crippen LogP contribution in [-0.2, 0) is 13.0 Å². The Labute approximate surface area is 105 Å². The lowest BCUT2D eigenvalue weighted by Gasteiger charge is -2.04. The second-order valence-corrected chi connectivity index (χ2v) is 4.67. The highest BCUT2D eigenvalue weighted by atomic mass is 16.4. The SMILES string of the molecule is Cc1cccc(-c2c(C(=O)O)nn3c2CCC3)c1. The number of aromatic carboxylic acids is 1. The van der Waals surface area contributed by atoms with Crippen molar-refractivity contribution in [3.8, 4) is 11.1 Å². The fourth-order valence-corrected chi connectivity index (χ4v) is 2.59. The number of carbonyl (C=O) groups is 1. The Morgan fingerprint density at radius 1 is 1.44 bits per heavy atom. The van der Waals surface area contributed by atoms with Crippen molar-refractivity contribution in [3.63, 3.8) is 0 Å². The van der Waals surface area contributed by atoms with E-state index >= 15 is 0 Å². The van der Waals surface area contributed by atoms with Crippen LogP contribution in [0.2, 0.25) is 0 Å². The van der Waals surface area contributed by atoms with Gasteiger partial charge < -0.3 is 5.11 Å². The van der Waals surface area contributed by atoms with E-state index in [1.807, 2.05) is 35.9 Å². The van der Waals surface area contributed by atoms with Gasteiger partial charge in [-0.3, -0.25) is 4.68 Å². The summed E-state index contributed by atoms with van der Waals surface area (Å²) in [6.45, 7) is 2.83. The van der Waals surface area contributed by atoms with Crippen molar-refractivity contribution < 1.29 is 9.90 Å². The molecule has 3 rings (SSSR count). The molecular formula is C14H14N2O2. The van der Waals surface area contributed by atoms with Crippen LogP contribution in [0.4, 0.5) is 0 Å². The van der Waals surface area contributed by atoms with Gasteiger partial charge in [0.15, 0.2) is 5.69 Å². The molecule has 0 saturated heterocycles.